The van der Waals surface area contributed by atoms with Gasteiger partial charge in [-0.15, -0.1) is 0 Å². The summed E-state index contributed by atoms with van der Waals surface area (Å²) in [5, 5.41) is 9.21. The number of nitrogen functional groups attached to an aromatic ring is 1. The molecule has 1 amide bonds. The number of hydrogen-bond donors (Lipinski definition) is 4. The second-order valence-corrected chi connectivity index (χ2v) is 3.35. The number of H-pyrrole nitrogens is 1. The van der Waals surface area contributed by atoms with E-state index in [1.54, 1.807) is 18.5 Å². The molecule has 0 saturated carbocycles. The van der Waals surface area contributed by atoms with E-state index in [4.69, 9.17) is 5.84 Å². The Bertz CT molecular complexity index is 495. The first-order chi connectivity index (χ1) is 8.31. The van der Waals surface area contributed by atoms with Crippen LogP contribution in [0, 0.1) is 0 Å². The molecule has 17 heavy (non-hydrogen) atoms. The van der Waals surface area contributed by atoms with Crippen LogP contribution in [0.5, 0.6) is 0 Å². The van der Waals surface area contributed by atoms with Gasteiger partial charge in [-0.3, -0.25) is 20.7 Å². The van der Waals surface area contributed by atoms with Gasteiger partial charge in [0.2, 0.25) is 0 Å². The summed E-state index contributed by atoms with van der Waals surface area (Å²) in [5.41, 5.74) is 4.26. The van der Waals surface area contributed by atoms with E-state index in [0.29, 0.717) is 17.8 Å². The molecule has 2 rings (SSSR count). The van der Waals surface area contributed by atoms with E-state index in [0.717, 1.165) is 5.56 Å². The van der Waals surface area contributed by atoms with Crippen LogP contribution in [-0.4, -0.2) is 21.1 Å². The van der Waals surface area contributed by atoms with Crippen LogP contribution in [0.4, 0.5) is 5.69 Å². The van der Waals surface area contributed by atoms with Gasteiger partial charge in [-0.25, -0.2) is 0 Å². The maximum atomic E-state index is 11.9. The number of carbonyl (C=O) groups is 1. The zero-order valence-corrected chi connectivity index (χ0v) is 8.97. The highest BCUT2D eigenvalue weighted by Crippen LogP contribution is 2.11. The standard InChI is InChI=1S/C10H12N6O/c11-16-9-6-12-2-1-8(9)10(17)13-3-7-4-14-15-5-7/h1-2,4-6,16H,3,11H2,(H,13,17)(H,14,15). The number of rotatable bonds is 4. The van der Waals surface area contributed by atoms with Crippen molar-refractivity contribution < 1.29 is 4.79 Å². The van der Waals surface area contributed by atoms with E-state index in [2.05, 4.69) is 25.9 Å². The lowest BCUT2D eigenvalue weighted by molar-refractivity contribution is 0.0951. The number of pyridine rings is 1. The second kappa shape index (κ2) is 5.08. The average molecular weight is 232 g/mol. The fourth-order valence-electron chi connectivity index (χ4n) is 1.36. The number of hydrogen-bond acceptors (Lipinski definition) is 5. The SMILES string of the molecule is NNc1cnccc1C(=O)NCc1cn[nH]c1. The van der Waals surface area contributed by atoms with Gasteiger partial charge in [-0.2, -0.15) is 5.10 Å². The molecular formula is C10H12N6O. The first kappa shape index (κ1) is 11.1. The number of carbonyl (C=O) groups excluding carboxylic acids is 1. The van der Waals surface area contributed by atoms with Crippen LogP contribution < -0.4 is 16.6 Å². The van der Waals surface area contributed by atoms with Gasteiger partial charge < -0.3 is 10.7 Å². The highest BCUT2D eigenvalue weighted by molar-refractivity contribution is 5.99. The molecule has 2 heterocycles. The summed E-state index contributed by atoms with van der Waals surface area (Å²) in [4.78, 5) is 15.7. The number of anilines is 1. The number of amides is 1. The van der Waals surface area contributed by atoms with Crippen molar-refractivity contribution in [2.24, 2.45) is 5.84 Å². The Labute approximate surface area is 97.4 Å². The molecule has 2 aromatic heterocycles. The van der Waals surface area contributed by atoms with Crippen LogP contribution >= 0.6 is 0 Å². The van der Waals surface area contributed by atoms with E-state index in [-0.39, 0.29) is 5.91 Å². The molecule has 0 atom stereocenters. The minimum atomic E-state index is -0.221. The Hall–Kier alpha value is -2.41. The molecule has 0 bridgehead atoms. The molecule has 2 aromatic rings. The monoisotopic (exact) mass is 232 g/mol. The molecule has 7 heteroatoms. The lowest BCUT2D eigenvalue weighted by Crippen LogP contribution is -2.24. The van der Waals surface area contributed by atoms with Gasteiger partial charge in [0.05, 0.1) is 23.6 Å². The minimum Gasteiger partial charge on any atom is -0.348 e. The molecule has 0 spiro atoms. The summed E-state index contributed by atoms with van der Waals surface area (Å²) in [6, 6.07) is 1.60. The minimum absolute atomic E-state index is 0.221. The maximum absolute atomic E-state index is 11.9. The molecule has 0 radical (unpaired) electrons. The third-order valence-electron chi connectivity index (χ3n) is 2.23. The molecule has 0 unspecified atom stereocenters. The Morgan fingerprint density at radius 2 is 2.35 bits per heavy atom. The van der Waals surface area contributed by atoms with Crippen molar-refractivity contribution in [3.8, 4) is 0 Å². The van der Waals surface area contributed by atoms with Crippen molar-refractivity contribution in [2.75, 3.05) is 5.43 Å². The van der Waals surface area contributed by atoms with Crippen LogP contribution in [0.1, 0.15) is 15.9 Å². The van der Waals surface area contributed by atoms with Crippen molar-refractivity contribution >= 4 is 11.6 Å². The topological polar surface area (TPSA) is 109 Å². The van der Waals surface area contributed by atoms with Gasteiger partial charge in [0, 0.05) is 24.5 Å². The van der Waals surface area contributed by atoms with E-state index in [9.17, 15) is 4.79 Å². The normalized spacial score (nSPS) is 9.94. The van der Waals surface area contributed by atoms with Crippen LogP contribution in [0.2, 0.25) is 0 Å². The third-order valence-corrected chi connectivity index (χ3v) is 2.23. The molecule has 0 fully saturated rings. The molecule has 0 aliphatic carbocycles. The molecule has 0 aromatic carbocycles. The fourth-order valence-corrected chi connectivity index (χ4v) is 1.36. The van der Waals surface area contributed by atoms with Crippen LogP contribution in [0.25, 0.3) is 0 Å². The van der Waals surface area contributed by atoms with Crippen molar-refractivity contribution in [3.63, 3.8) is 0 Å². The summed E-state index contributed by atoms with van der Waals surface area (Å²) in [6.07, 6.45) is 6.39. The molecular weight excluding hydrogens is 220 g/mol. The van der Waals surface area contributed by atoms with Crippen molar-refractivity contribution in [1.29, 1.82) is 0 Å². The molecule has 0 saturated heterocycles. The van der Waals surface area contributed by atoms with Gasteiger partial charge in [0.25, 0.3) is 5.91 Å². The maximum Gasteiger partial charge on any atom is 0.253 e. The Morgan fingerprint density at radius 1 is 1.47 bits per heavy atom. The lowest BCUT2D eigenvalue weighted by Gasteiger charge is -2.07. The molecule has 0 aliphatic rings. The van der Waals surface area contributed by atoms with Gasteiger partial charge in [0.15, 0.2) is 0 Å². The van der Waals surface area contributed by atoms with Crippen molar-refractivity contribution in [1.82, 2.24) is 20.5 Å². The van der Waals surface area contributed by atoms with E-state index in [1.807, 2.05) is 0 Å². The predicted octanol–water partition coefficient (Wildman–Crippen LogP) is 0.0203. The largest absolute Gasteiger partial charge is 0.348 e. The van der Waals surface area contributed by atoms with Crippen LogP contribution in [-0.2, 0) is 6.54 Å². The third kappa shape index (κ3) is 2.58. The van der Waals surface area contributed by atoms with Crippen molar-refractivity contribution in [3.05, 3.63) is 42.0 Å². The molecule has 88 valence electrons. The van der Waals surface area contributed by atoms with Crippen molar-refractivity contribution in [2.45, 2.75) is 6.54 Å². The number of nitrogens with zero attached hydrogens (tertiary/aromatic N) is 2. The second-order valence-electron chi connectivity index (χ2n) is 3.35. The fraction of sp³-hybridized carbons (Fsp3) is 0.100. The summed E-state index contributed by atoms with van der Waals surface area (Å²) in [5.74, 6) is 5.07. The highest BCUT2D eigenvalue weighted by atomic mass is 16.1. The number of aromatic amines is 1. The zero-order valence-electron chi connectivity index (χ0n) is 8.97. The number of aromatic nitrogens is 3. The lowest BCUT2D eigenvalue weighted by atomic mass is 10.2. The number of nitrogens with one attached hydrogen (secondary N) is 3. The zero-order chi connectivity index (χ0) is 12.1. The average Bonchev–Trinajstić information content (AvgIpc) is 2.89. The number of nitrogens with two attached hydrogens (primary N) is 1. The van der Waals surface area contributed by atoms with Gasteiger partial charge in [0.1, 0.15) is 0 Å². The first-order valence-electron chi connectivity index (χ1n) is 4.97. The Morgan fingerprint density at radius 3 is 3.06 bits per heavy atom. The van der Waals surface area contributed by atoms with Crippen LogP contribution in [0.15, 0.2) is 30.9 Å². The summed E-state index contributed by atoms with van der Waals surface area (Å²) in [7, 11) is 0. The van der Waals surface area contributed by atoms with Gasteiger partial charge >= 0.3 is 0 Å². The first-order valence-corrected chi connectivity index (χ1v) is 4.97. The quantitative estimate of drug-likeness (QED) is 0.439. The summed E-state index contributed by atoms with van der Waals surface area (Å²) < 4.78 is 0. The van der Waals surface area contributed by atoms with E-state index in [1.165, 1.54) is 12.4 Å². The van der Waals surface area contributed by atoms with E-state index < -0.39 is 0 Å². The molecule has 5 N–H and O–H groups in total. The molecule has 7 nitrogen and oxygen atoms in total. The Kier molecular flexibility index (Phi) is 3.31. The molecule has 0 aliphatic heterocycles. The van der Waals surface area contributed by atoms with Crippen LogP contribution in [0.3, 0.4) is 0 Å². The smallest absolute Gasteiger partial charge is 0.253 e. The predicted molar refractivity (Wildman–Crippen MR) is 61.8 cm³/mol. The van der Waals surface area contributed by atoms with Gasteiger partial charge in [-0.05, 0) is 6.07 Å². The Balaban J connectivity index is 2.04. The highest BCUT2D eigenvalue weighted by Gasteiger charge is 2.10. The summed E-state index contributed by atoms with van der Waals surface area (Å²) in [6.45, 7) is 0.404. The summed E-state index contributed by atoms with van der Waals surface area (Å²) >= 11 is 0. The van der Waals surface area contributed by atoms with Gasteiger partial charge in [-0.1, -0.05) is 0 Å². The van der Waals surface area contributed by atoms with E-state index >= 15 is 0 Å². The number of hydrazine groups is 1.